The lowest BCUT2D eigenvalue weighted by atomic mass is 9.91. The van der Waals surface area contributed by atoms with E-state index in [1.165, 1.54) is 12.8 Å². The summed E-state index contributed by atoms with van der Waals surface area (Å²) in [4.78, 5) is 23.9. The second-order valence-electron chi connectivity index (χ2n) is 7.05. The highest BCUT2D eigenvalue weighted by atomic mass is 35.5. The van der Waals surface area contributed by atoms with E-state index in [-0.39, 0.29) is 65.7 Å². The summed E-state index contributed by atoms with van der Waals surface area (Å²) < 4.78 is 0. The molecule has 1 fully saturated rings. The molecule has 1 saturated heterocycles. The largest absolute Gasteiger partial charge is 0.382 e. The minimum Gasteiger partial charge on any atom is -0.382 e. The number of unbranched alkanes of at least 4 members (excludes halogenated alkanes) is 1. The Kier molecular flexibility index (Phi) is 15.9. The number of piperidine rings is 1. The first-order valence-electron chi connectivity index (χ1n) is 9.50. The smallest absolute Gasteiger partial charge is 0.283 e. The Morgan fingerprint density at radius 3 is 2.29 bits per heavy atom. The first-order valence-corrected chi connectivity index (χ1v) is 9.88. The van der Waals surface area contributed by atoms with Crippen molar-refractivity contribution in [2.45, 2.75) is 32.1 Å². The number of nitrogen functional groups attached to an aromatic ring is 2. The van der Waals surface area contributed by atoms with Crippen LogP contribution in [0.1, 0.15) is 42.6 Å². The van der Waals surface area contributed by atoms with E-state index >= 15 is 0 Å². The molecular formula is C17H33Cl4N9O. The number of nitrogens with zero attached hydrogens (tertiary/aromatic N) is 4. The molecule has 0 aromatic carbocycles. The monoisotopic (exact) mass is 519 g/mol. The highest BCUT2D eigenvalue weighted by Crippen LogP contribution is 2.23. The molecule has 2 rings (SSSR count). The third-order valence-electron chi connectivity index (χ3n) is 5.04. The van der Waals surface area contributed by atoms with E-state index in [0.717, 1.165) is 43.8 Å². The van der Waals surface area contributed by atoms with Gasteiger partial charge in [-0.3, -0.25) is 15.1 Å². The maximum atomic E-state index is 12.7. The number of nitrogens with two attached hydrogens (primary N) is 4. The lowest BCUT2D eigenvalue weighted by molar-refractivity contribution is 0.0837. The molecule has 1 aromatic rings. The summed E-state index contributed by atoms with van der Waals surface area (Å²) in [5, 5.41) is 7.60. The number of halogens is 4. The molecule has 0 radical (unpaired) electrons. The van der Waals surface area contributed by atoms with Gasteiger partial charge in [-0.2, -0.15) is 0 Å². The number of carbonyl (C=O) groups is 1. The van der Waals surface area contributed by atoms with Crippen molar-refractivity contribution in [2.24, 2.45) is 17.4 Å². The van der Waals surface area contributed by atoms with E-state index < -0.39 is 5.91 Å². The fraction of sp³-hybridized carbons (Fsp3) is 0.647. The summed E-state index contributed by atoms with van der Waals surface area (Å²) in [7, 11) is 0. The molecule has 0 spiro atoms. The van der Waals surface area contributed by atoms with Gasteiger partial charge in [-0.25, -0.2) is 9.97 Å². The number of aromatic nitrogens is 2. The SMILES string of the molecule is Cl.Cl.Cl.N=C(N)N(CCCCC1CCN(CCN)CC1)C(=O)c1nc(Cl)c(N)nc1N. The van der Waals surface area contributed by atoms with Crippen LogP contribution in [0.3, 0.4) is 0 Å². The van der Waals surface area contributed by atoms with Crippen LogP contribution in [-0.4, -0.2) is 64.4 Å². The Morgan fingerprint density at radius 1 is 1.13 bits per heavy atom. The molecule has 0 unspecified atom stereocenters. The summed E-state index contributed by atoms with van der Waals surface area (Å²) in [5.41, 5.74) is 22.3. The molecule has 180 valence electrons. The standard InChI is InChI=1S/C17H30ClN9O.3ClH/c18-13-15(21)25-14(20)12(24-13)16(28)27(17(22)23)7-2-1-3-11-4-8-26(9-5-11)10-6-19;;;/h11H,1-10,19H2,(H3,22,23)(H4,20,21,25);3*1H. The number of rotatable bonds is 8. The summed E-state index contributed by atoms with van der Waals surface area (Å²) in [5.74, 6) is -0.471. The molecule has 10 nitrogen and oxygen atoms in total. The van der Waals surface area contributed by atoms with Gasteiger partial charge in [-0.05, 0) is 38.3 Å². The number of anilines is 2. The van der Waals surface area contributed by atoms with Gasteiger partial charge in [-0.1, -0.05) is 24.4 Å². The van der Waals surface area contributed by atoms with E-state index in [1.54, 1.807) is 0 Å². The zero-order chi connectivity index (χ0) is 20.7. The molecule has 1 amide bonds. The van der Waals surface area contributed by atoms with Gasteiger partial charge in [-0.15, -0.1) is 37.2 Å². The van der Waals surface area contributed by atoms with Gasteiger partial charge < -0.3 is 27.8 Å². The average Bonchev–Trinajstić information content (AvgIpc) is 2.65. The van der Waals surface area contributed by atoms with Crippen molar-refractivity contribution < 1.29 is 4.79 Å². The quantitative estimate of drug-likeness (QED) is 0.195. The minimum atomic E-state index is -0.602. The fourth-order valence-electron chi connectivity index (χ4n) is 3.44. The van der Waals surface area contributed by atoms with E-state index in [4.69, 9.17) is 39.9 Å². The van der Waals surface area contributed by atoms with Crippen LogP contribution < -0.4 is 22.9 Å². The van der Waals surface area contributed by atoms with Crippen molar-refractivity contribution >= 4 is 72.3 Å². The van der Waals surface area contributed by atoms with E-state index in [0.29, 0.717) is 19.0 Å². The summed E-state index contributed by atoms with van der Waals surface area (Å²) in [6.07, 6.45) is 5.11. The molecule has 0 atom stereocenters. The van der Waals surface area contributed by atoms with Crippen molar-refractivity contribution in [1.82, 2.24) is 19.8 Å². The van der Waals surface area contributed by atoms with Crippen molar-refractivity contribution in [1.29, 1.82) is 5.41 Å². The molecule has 0 aliphatic carbocycles. The number of amides is 1. The van der Waals surface area contributed by atoms with Crippen molar-refractivity contribution in [3.05, 3.63) is 10.8 Å². The lowest BCUT2D eigenvalue weighted by Crippen LogP contribution is -2.42. The molecule has 1 aromatic heterocycles. The van der Waals surface area contributed by atoms with Gasteiger partial charge in [0.15, 0.2) is 28.4 Å². The lowest BCUT2D eigenvalue weighted by Gasteiger charge is -2.31. The topological polar surface area (TPSA) is 177 Å². The van der Waals surface area contributed by atoms with Crippen LogP contribution in [0.25, 0.3) is 0 Å². The van der Waals surface area contributed by atoms with Gasteiger partial charge in [0.1, 0.15) is 0 Å². The molecule has 14 heteroatoms. The first-order chi connectivity index (χ1) is 13.3. The number of nitrogens with one attached hydrogen (secondary N) is 1. The van der Waals surface area contributed by atoms with Gasteiger partial charge in [0.25, 0.3) is 5.91 Å². The number of hydrogen-bond acceptors (Lipinski definition) is 8. The zero-order valence-electron chi connectivity index (χ0n) is 17.3. The third-order valence-corrected chi connectivity index (χ3v) is 5.32. The Balaban J connectivity index is 0. The number of hydrogen-bond donors (Lipinski definition) is 5. The van der Waals surface area contributed by atoms with E-state index in [2.05, 4.69) is 14.9 Å². The van der Waals surface area contributed by atoms with E-state index in [1.807, 2.05) is 0 Å². The second-order valence-corrected chi connectivity index (χ2v) is 7.40. The second kappa shape index (κ2) is 15.5. The van der Waals surface area contributed by atoms with Crippen LogP contribution in [0.2, 0.25) is 5.15 Å². The van der Waals surface area contributed by atoms with Crippen molar-refractivity contribution in [3.63, 3.8) is 0 Å². The van der Waals surface area contributed by atoms with Crippen LogP contribution >= 0.6 is 48.8 Å². The van der Waals surface area contributed by atoms with Crippen LogP contribution in [0.15, 0.2) is 0 Å². The van der Waals surface area contributed by atoms with Crippen LogP contribution in [0.4, 0.5) is 11.6 Å². The molecule has 1 aliphatic rings. The Bertz CT molecular complexity index is 702. The molecule has 9 N–H and O–H groups in total. The molecular weight excluding hydrogens is 488 g/mol. The number of carbonyl (C=O) groups excluding carboxylic acids is 1. The van der Waals surface area contributed by atoms with Gasteiger partial charge in [0, 0.05) is 19.6 Å². The summed E-state index contributed by atoms with van der Waals surface area (Å²) >= 11 is 5.84. The molecule has 1 aliphatic heterocycles. The maximum absolute atomic E-state index is 12.7. The maximum Gasteiger partial charge on any atom is 0.283 e. The normalized spacial score (nSPS) is 14.0. The summed E-state index contributed by atoms with van der Waals surface area (Å²) in [6.45, 7) is 4.16. The minimum absolute atomic E-state index is 0. The van der Waals surface area contributed by atoms with Gasteiger partial charge in [0.2, 0.25) is 0 Å². The highest BCUT2D eigenvalue weighted by molar-refractivity contribution is 6.31. The Labute approximate surface area is 206 Å². The van der Waals surface area contributed by atoms with Gasteiger partial charge >= 0.3 is 0 Å². The third kappa shape index (κ3) is 9.38. The van der Waals surface area contributed by atoms with E-state index in [9.17, 15) is 4.79 Å². The van der Waals surface area contributed by atoms with Crippen LogP contribution in [-0.2, 0) is 0 Å². The zero-order valence-corrected chi connectivity index (χ0v) is 20.5. The predicted octanol–water partition coefficient (Wildman–Crippen LogP) is 1.74. The summed E-state index contributed by atoms with van der Waals surface area (Å²) in [6, 6.07) is 0. The molecule has 0 saturated carbocycles. The Hall–Kier alpha value is -1.30. The average molecular weight is 521 g/mol. The highest BCUT2D eigenvalue weighted by Gasteiger charge is 2.24. The molecule has 0 bridgehead atoms. The van der Waals surface area contributed by atoms with Crippen molar-refractivity contribution in [3.8, 4) is 0 Å². The first kappa shape index (κ1) is 31.9. The van der Waals surface area contributed by atoms with Crippen molar-refractivity contribution in [2.75, 3.05) is 44.2 Å². The molecule has 31 heavy (non-hydrogen) atoms. The number of likely N-dealkylation sites (tertiary alicyclic amines) is 1. The fourth-order valence-corrected chi connectivity index (χ4v) is 3.57. The predicted molar refractivity (Wildman–Crippen MR) is 133 cm³/mol. The molecule has 2 heterocycles. The van der Waals surface area contributed by atoms with Crippen LogP contribution in [0.5, 0.6) is 0 Å². The van der Waals surface area contributed by atoms with Crippen LogP contribution in [0, 0.1) is 11.3 Å². The van der Waals surface area contributed by atoms with Gasteiger partial charge in [0.05, 0.1) is 0 Å². The number of guanidine groups is 1. The Morgan fingerprint density at radius 2 is 1.74 bits per heavy atom.